The Morgan fingerprint density at radius 3 is 2.35 bits per heavy atom. The molecule has 1 heterocycles. The van der Waals surface area contributed by atoms with E-state index in [1.165, 1.54) is 4.46 Å². The van der Waals surface area contributed by atoms with Crippen molar-refractivity contribution < 1.29 is 4.79 Å². The molecule has 0 radical (unpaired) electrons. The Balaban J connectivity index is 2.00. The van der Waals surface area contributed by atoms with Gasteiger partial charge in [0, 0.05) is 0 Å². The quantitative estimate of drug-likeness (QED) is 0.580. The molecule has 1 aliphatic rings. The number of ketones is 1. The van der Waals surface area contributed by atoms with Gasteiger partial charge in [-0.15, -0.1) is 0 Å². The van der Waals surface area contributed by atoms with Crippen molar-refractivity contribution in [1.29, 1.82) is 0 Å². The number of hydrogen-bond acceptors (Lipinski definition) is 1. The molecule has 2 heteroatoms. The van der Waals surface area contributed by atoms with Gasteiger partial charge in [0.2, 0.25) is 0 Å². The molecule has 1 nitrogen and oxygen atoms in total. The van der Waals surface area contributed by atoms with E-state index >= 15 is 0 Å². The Labute approximate surface area is 106 Å². The van der Waals surface area contributed by atoms with Crippen molar-refractivity contribution >= 4 is 31.3 Å². The van der Waals surface area contributed by atoms with Gasteiger partial charge in [0.05, 0.1) is 0 Å². The number of benzene rings is 2. The monoisotopic (exact) mass is 286 g/mol. The summed E-state index contributed by atoms with van der Waals surface area (Å²) in [4.78, 5) is 12.1. The van der Waals surface area contributed by atoms with Gasteiger partial charge < -0.3 is 0 Å². The van der Waals surface area contributed by atoms with Crippen LogP contribution >= 0.6 is 0 Å². The van der Waals surface area contributed by atoms with Crippen LogP contribution in [0.25, 0.3) is 6.08 Å². The van der Waals surface area contributed by atoms with Gasteiger partial charge in [0.15, 0.2) is 0 Å². The summed E-state index contributed by atoms with van der Waals surface area (Å²) in [5, 5.41) is 0. The number of Topliss-reactive ketones (excluding diaryl/α,β-unsaturated/α-hetero) is 1. The Morgan fingerprint density at radius 2 is 1.59 bits per heavy atom. The van der Waals surface area contributed by atoms with Gasteiger partial charge in [0.25, 0.3) is 0 Å². The van der Waals surface area contributed by atoms with Crippen LogP contribution in [-0.2, 0) is 0 Å². The molecule has 0 N–H and O–H groups in total. The summed E-state index contributed by atoms with van der Waals surface area (Å²) < 4.78 is 2.15. The van der Waals surface area contributed by atoms with Crippen molar-refractivity contribution in [1.82, 2.24) is 0 Å². The van der Waals surface area contributed by atoms with Gasteiger partial charge in [-0.05, 0) is 0 Å². The molecule has 0 aliphatic carbocycles. The second kappa shape index (κ2) is 4.32. The number of hydrogen-bond donors (Lipinski definition) is 0. The Morgan fingerprint density at radius 1 is 0.882 bits per heavy atom. The number of allylic oxidation sites excluding steroid dienone is 1. The topological polar surface area (TPSA) is 17.1 Å². The van der Waals surface area contributed by atoms with Crippen LogP contribution in [0.3, 0.4) is 0 Å². The van der Waals surface area contributed by atoms with Gasteiger partial charge in [-0.2, -0.15) is 0 Å². The molecule has 0 aromatic heterocycles. The summed E-state index contributed by atoms with van der Waals surface area (Å²) in [6.45, 7) is 0. The average Bonchev–Trinajstić information content (AvgIpc) is 2.68. The summed E-state index contributed by atoms with van der Waals surface area (Å²) in [5.41, 5.74) is 1.99. The maximum atomic E-state index is 12.1. The minimum atomic E-state index is 0.156. The second-order valence-corrected chi connectivity index (χ2v) is 6.12. The molecular weight excluding hydrogens is 275 g/mol. The molecule has 0 atom stereocenters. The zero-order valence-corrected chi connectivity index (χ0v) is 10.8. The molecule has 17 heavy (non-hydrogen) atoms. The third-order valence-corrected chi connectivity index (χ3v) is 4.98. The summed E-state index contributed by atoms with van der Waals surface area (Å²) in [7, 11) is 0. The maximum absolute atomic E-state index is 12.1. The molecule has 0 saturated heterocycles. The molecule has 82 valence electrons. The molecular formula is C15H10OSe. The summed E-state index contributed by atoms with van der Waals surface area (Å²) >= 11 is 0.156. The van der Waals surface area contributed by atoms with Gasteiger partial charge in [-0.25, -0.2) is 0 Å². The molecule has 2 aromatic rings. The van der Waals surface area contributed by atoms with Crippen LogP contribution in [0.4, 0.5) is 0 Å². The van der Waals surface area contributed by atoms with Gasteiger partial charge in [0.1, 0.15) is 0 Å². The fourth-order valence-corrected chi connectivity index (χ4v) is 4.04. The van der Waals surface area contributed by atoms with Crippen LogP contribution < -0.4 is 4.46 Å². The van der Waals surface area contributed by atoms with E-state index in [2.05, 4.69) is 6.07 Å². The normalized spacial score (nSPS) is 16.2. The SMILES string of the molecule is O=C1/C(=C/c2ccccc2)[Se]c2ccccc21. The Bertz CT molecular complexity index is 599. The third-order valence-electron chi connectivity index (χ3n) is 2.67. The second-order valence-electron chi connectivity index (χ2n) is 3.85. The van der Waals surface area contributed by atoms with Crippen LogP contribution in [0.5, 0.6) is 0 Å². The van der Waals surface area contributed by atoms with E-state index < -0.39 is 0 Å². The zero-order chi connectivity index (χ0) is 11.7. The Hall–Kier alpha value is -1.63. The van der Waals surface area contributed by atoms with E-state index in [9.17, 15) is 4.79 Å². The van der Waals surface area contributed by atoms with Crippen LogP contribution in [-0.4, -0.2) is 20.7 Å². The summed E-state index contributed by atoms with van der Waals surface area (Å²) in [6, 6.07) is 17.9. The fraction of sp³-hybridized carbons (Fsp3) is 0. The van der Waals surface area contributed by atoms with Crippen molar-refractivity contribution in [2.24, 2.45) is 0 Å². The third kappa shape index (κ3) is 1.97. The number of fused-ring (bicyclic) bond motifs is 1. The van der Waals surface area contributed by atoms with Gasteiger partial charge in [-0.3, -0.25) is 0 Å². The minimum absolute atomic E-state index is 0.156. The first-order valence-corrected chi connectivity index (χ1v) is 7.14. The van der Waals surface area contributed by atoms with E-state index in [1.807, 2.05) is 54.6 Å². The van der Waals surface area contributed by atoms with E-state index in [0.29, 0.717) is 0 Å². The Kier molecular flexibility index (Phi) is 2.68. The molecule has 0 fully saturated rings. The molecule has 0 bridgehead atoms. The summed E-state index contributed by atoms with van der Waals surface area (Å²) in [5.74, 6) is 0.199. The predicted octanol–water partition coefficient (Wildman–Crippen LogP) is 2.25. The first-order valence-electron chi connectivity index (χ1n) is 5.43. The standard InChI is InChI=1S/C15H10OSe/c16-15-12-8-4-5-9-13(12)17-14(15)10-11-6-2-1-3-7-11/h1-10H/b14-10-. The van der Waals surface area contributed by atoms with Gasteiger partial charge >= 0.3 is 106 Å². The van der Waals surface area contributed by atoms with E-state index in [1.54, 1.807) is 0 Å². The van der Waals surface area contributed by atoms with Crippen LogP contribution in [0.15, 0.2) is 59.1 Å². The van der Waals surface area contributed by atoms with E-state index in [4.69, 9.17) is 0 Å². The molecule has 1 aliphatic heterocycles. The molecule has 0 unspecified atom stereocenters. The van der Waals surface area contributed by atoms with Gasteiger partial charge in [-0.1, -0.05) is 0 Å². The van der Waals surface area contributed by atoms with Crippen LogP contribution in [0.2, 0.25) is 0 Å². The molecule has 0 saturated carbocycles. The van der Waals surface area contributed by atoms with Crippen molar-refractivity contribution in [3.05, 3.63) is 70.2 Å². The zero-order valence-electron chi connectivity index (χ0n) is 9.09. The van der Waals surface area contributed by atoms with Crippen molar-refractivity contribution in [2.45, 2.75) is 0 Å². The molecule has 0 spiro atoms. The summed E-state index contributed by atoms with van der Waals surface area (Å²) in [6.07, 6.45) is 2.02. The number of rotatable bonds is 1. The van der Waals surface area contributed by atoms with Crippen LogP contribution in [0, 0.1) is 0 Å². The molecule has 3 rings (SSSR count). The number of carbonyl (C=O) groups is 1. The van der Waals surface area contributed by atoms with Crippen LogP contribution in [0.1, 0.15) is 15.9 Å². The first-order chi connectivity index (χ1) is 8.34. The fourth-order valence-electron chi connectivity index (χ4n) is 1.84. The number of carbonyl (C=O) groups excluding carboxylic acids is 1. The van der Waals surface area contributed by atoms with E-state index in [-0.39, 0.29) is 20.7 Å². The van der Waals surface area contributed by atoms with Crippen molar-refractivity contribution in [2.75, 3.05) is 0 Å². The predicted molar refractivity (Wildman–Crippen MR) is 70.6 cm³/mol. The average molecular weight is 285 g/mol. The van der Waals surface area contributed by atoms with E-state index in [0.717, 1.165) is 15.6 Å². The van der Waals surface area contributed by atoms with Crippen molar-refractivity contribution in [3.63, 3.8) is 0 Å². The van der Waals surface area contributed by atoms with Crippen molar-refractivity contribution in [3.8, 4) is 0 Å². The molecule has 0 amide bonds. The molecule has 2 aromatic carbocycles. The first kappa shape index (κ1) is 10.5.